The van der Waals surface area contributed by atoms with Gasteiger partial charge in [-0.2, -0.15) is 0 Å². The SMILES string of the molecule is CCC(C)(C(O)CCCc1ccccc1)N(C)C. The van der Waals surface area contributed by atoms with Gasteiger partial charge in [0.15, 0.2) is 0 Å². The molecule has 2 unspecified atom stereocenters. The summed E-state index contributed by atoms with van der Waals surface area (Å²) < 4.78 is 0. The van der Waals surface area contributed by atoms with Crippen molar-refractivity contribution in [2.45, 2.75) is 51.2 Å². The van der Waals surface area contributed by atoms with E-state index in [1.165, 1.54) is 5.56 Å². The molecule has 0 aromatic heterocycles. The van der Waals surface area contributed by atoms with Crippen LogP contribution in [0.15, 0.2) is 30.3 Å². The van der Waals surface area contributed by atoms with E-state index < -0.39 is 0 Å². The Labute approximate surface area is 112 Å². The molecule has 2 nitrogen and oxygen atoms in total. The van der Waals surface area contributed by atoms with Crippen LogP contribution >= 0.6 is 0 Å². The second kappa shape index (κ2) is 6.91. The second-order valence-corrected chi connectivity index (χ2v) is 5.50. The largest absolute Gasteiger partial charge is 0.391 e. The zero-order valence-corrected chi connectivity index (χ0v) is 12.2. The summed E-state index contributed by atoms with van der Waals surface area (Å²) in [6, 6.07) is 10.5. The molecule has 1 aromatic carbocycles. The van der Waals surface area contributed by atoms with Gasteiger partial charge in [-0.1, -0.05) is 37.3 Å². The Morgan fingerprint density at radius 1 is 1.22 bits per heavy atom. The Morgan fingerprint density at radius 2 is 1.83 bits per heavy atom. The number of rotatable bonds is 7. The minimum Gasteiger partial charge on any atom is -0.391 e. The number of nitrogens with zero attached hydrogens (tertiary/aromatic N) is 1. The Morgan fingerprint density at radius 3 is 2.33 bits per heavy atom. The van der Waals surface area contributed by atoms with E-state index >= 15 is 0 Å². The van der Waals surface area contributed by atoms with Gasteiger partial charge in [-0.3, -0.25) is 0 Å². The third-order valence-corrected chi connectivity index (χ3v) is 4.24. The molecule has 1 rings (SSSR count). The molecule has 0 aliphatic carbocycles. The summed E-state index contributed by atoms with van der Waals surface area (Å²) in [4.78, 5) is 2.14. The monoisotopic (exact) mass is 249 g/mol. The zero-order chi connectivity index (χ0) is 13.6. The molecule has 0 radical (unpaired) electrons. The number of hydrogen-bond donors (Lipinski definition) is 1. The summed E-state index contributed by atoms with van der Waals surface area (Å²) >= 11 is 0. The first-order chi connectivity index (χ1) is 8.50. The highest BCUT2D eigenvalue weighted by atomic mass is 16.3. The van der Waals surface area contributed by atoms with E-state index in [-0.39, 0.29) is 11.6 Å². The molecule has 1 aromatic rings. The highest BCUT2D eigenvalue weighted by Crippen LogP contribution is 2.24. The smallest absolute Gasteiger partial charge is 0.0720 e. The Balaban J connectivity index is 2.43. The van der Waals surface area contributed by atoms with E-state index in [1.807, 2.05) is 20.2 Å². The predicted molar refractivity (Wildman–Crippen MR) is 77.8 cm³/mol. The Kier molecular flexibility index (Phi) is 5.83. The van der Waals surface area contributed by atoms with Gasteiger partial charge in [0.1, 0.15) is 0 Å². The number of aliphatic hydroxyl groups is 1. The van der Waals surface area contributed by atoms with Crippen LogP contribution in [0.2, 0.25) is 0 Å². The number of likely N-dealkylation sites (N-methyl/N-ethyl adjacent to an activating group) is 1. The van der Waals surface area contributed by atoms with Gasteiger partial charge in [-0.05, 0) is 52.3 Å². The van der Waals surface area contributed by atoms with E-state index in [2.05, 4.69) is 43.0 Å². The van der Waals surface area contributed by atoms with Crippen molar-refractivity contribution in [2.24, 2.45) is 0 Å². The topological polar surface area (TPSA) is 23.5 Å². The van der Waals surface area contributed by atoms with Crippen LogP contribution in [0, 0.1) is 0 Å². The summed E-state index contributed by atoms with van der Waals surface area (Å²) in [5, 5.41) is 10.4. The normalized spacial score (nSPS) is 16.6. The maximum absolute atomic E-state index is 10.4. The number of aryl methyl sites for hydroxylation is 1. The molecule has 0 fully saturated rings. The van der Waals surface area contributed by atoms with Gasteiger partial charge in [-0.15, -0.1) is 0 Å². The lowest BCUT2D eigenvalue weighted by Gasteiger charge is -2.40. The molecule has 0 saturated carbocycles. The summed E-state index contributed by atoms with van der Waals surface area (Å²) in [5.41, 5.74) is 1.24. The molecule has 0 amide bonds. The van der Waals surface area contributed by atoms with Crippen molar-refractivity contribution < 1.29 is 5.11 Å². The molecular formula is C16H27NO. The maximum atomic E-state index is 10.4. The van der Waals surface area contributed by atoms with Crippen LogP contribution in [0.3, 0.4) is 0 Å². The lowest BCUT2D eigenvalue weighted by Crippen LogP contribution is -2.50. The minimum atomic E-state index is -0.263. The fraction of sp³-hybridized carbons (Fsp3) is 0.625. The highest BCUT2D eigenvalue weighted by molar-refractivity contribution is 5.14. The standard InChI is InChI=1S/C16H27NO/c1-5-16(2,17(3)4)15(18)13-9-12-14-10-7-6-8-11-14/h6-8,10-11,15,18H,5,9,12-13H2,1-4H3. The molecule has 2 heteroatoms. The van der Waals surface area contributed by atoms with Gasteiger partial charge in [0.25, 0.3) is 0 Å². The molecule has 0 aliphatic heterocycles. The molecule has 0 saturated heterocycles. The lowest BCUT2D eigenvalue weighted by molar-refractivity contribution is -0.00338. The van der Waals surface area contributed by atoms with Crippen LogP contribution < -0.4 is 0 Å². The average molecular weight is 249 g/mol. The molecule has 0 bridgehead atoms. The lowest BCUT2D eigenvalue weighted by atomic mass is 9.87. The first-order valence-corrected chi connectivity index (χ1v) is 6.90. The molecular weight excluding hydrogens is 222 g/mol. The maximum Gasteiger partial charge on any atom is 0.0720 e. The number of aliphatic hydroxyl groups excluding tert-OH is 1. The molecule has 1 N–H and O–H groups in total. The zero-order valence-electron chi connectivity index (χ0n) is 12.2. The van der Waals surface area contributed by atoms with E-state index in [0.29, 0.717) is 0 Å². The fourth-order valence-corrected chi connectivity index (χ4v) is 2.31. The van der Waals surface area contributed by atoms with Crippen LogP contribution in [0.4, 0.5) is 0 Å². The van der Waals surface area contributed by atoms with E-state index in [4.69, 9.17) is 0 Å². The van der Waals surface area contributed by atoms with Crippen LogP contribution in [-0.2, 0) is 6.42 Å². The molecule has 18 heavy (non-hydrogen) atoms. The van der Waals surface area contributed by atoms with Crippen LogP contribution in [-0.4, -0.2) is 35.7 Å². The third-order valence-electron chi connectivity index (χ3n) is 4.24. The van der Waals surface area contributed by atoms with Gasteiger partial charge < -0.3 is 10.0 Å². The molecule has 102 valence electrons. The van der Waals surface area contributed by atoms with E-state index in [1.54, 1.807) is 0 Å². The number of hydrogen-bond acceptors (Lipinski definition) is 2. The molecule has 0 heterocycles. The predicted octanol–water partition coefficient (Wildman–Crippen LogP) is 3.10. The number of benzene rings is 1. The van der Waals surface area contributed by atoms with Crippen molar-refractivity contribution in [2.75, 3.05) is 14.1 Å². The summed E-state index contributed by atoms with van der Waals surface area (Å²) in [6.07, 6.45) is 3.64. The van der Waals surface area contributed by atoms with Gasteiger partial charge in [-0.25, -0.2) is 0 Å². The van der Waals surface area contributed by atoms with Gasteiger partial charge in [0.2, 0.25) is 0 Å². The Hall–Kier alpha value is -0.860. The average Bonchev–Trinajstić information content (AvgIpc) is 2.38. The summed E-state index contributed by atoms with van der Waals surface area (Å²) in [6.45, 7) is 4.28. The molecule has 0 spiro atoms. The summed E-state index contributed by atoms with van der Waals surface area (Å²) in [5.74, 6) is 0. The third kappa shape index (κ3) is 3.82. The van der Waals surface area contributed by atoms with Crippen LogP contribution in [0.5, 0.6) is 0 Å². The van der Waals surface area contributed by atoms with Crippen LogP contribution in [0.25, 0.3) is 0 Å². The minimum absolute atomic E-state index is 0.114. The van der Waals surface area contributed by atoms with E-state index in [9.17, 15) is 5.11 Å². The van der Waals surface area contributed by atoms with Crippen molar-refractivity contribution in [3.8, 4) is 0 Å². The van der Waals surface area contributed by atoms with Crippen molar-refractivity contribution in [1.82, 2.24) is 4.90 Å². The first-order valence-electron chi connectivity index (χ1n) is 6.90. The van der Waals surface area contributed by atoms with Crippen molar-refractivity contribution in [3.05, 3.63) is 35.9 Å². The molecule has 2 atom stereocenters. The molecule has 0 aliphatic rings. The van der Waals surface area contributed by atoms with Crippen molar-refractivity contribution in [3.63, 3.8) is 0 Å². The first kappa shape index (κ1) is 15.2. The van der Waals surface area contributed by atoms with E-state index in [0.717, 1.165) is 25.7 Å². The Bertz CT molecular complexity index is 336. The summed E-state index contributed by atoms with van der Waals surface area (Å²) in [7, 11) is 4.09. The van der Waals surface area contributed by atoms with Crippen molar-refractivity contribution >= 4 is 0 Å². The van der Waals surface area contributed by atoms with Gasteiger partial charge >= 0.3 is 0 Å². The second-order valence-electron chi connectivity index (χ2n) is 5.50. The van der Waals surface area contributed by atoms with Crippen LogP contribution in [0.1, 0.15) is 38.7 Å². The highest BCUT2D eigenvalue weighted by Gasteiger charge is 2.32. The van der Waals surface area contributed by atoms with Gasteiger partial charge in [0, 0.05) is 5.54 Å². The van der Waals surface area contributed by atoms with Gasteiger partial charge in [0.05, 0.1) is 6.10 Å². The fourth-order valence-electron chi connectivity index (χ4n) is 2.31. The van der Waals surface area contributed by atoms with Crippen molar-refractivity contribution in [1.29, 1.82) is 0 Å². The quantitative estimate of drug-likeness (QED) is 0.802.